The van der Waals surface area contributed by atoms with Crippen molar-refractivity contribution in [3.8, 4) is 0 Å². The van der Waals surface area contributed by atoms with Gasteiger partial charge in [0, 0.05) is 17.0 Å². The lowest BCUT2D eigenvalue weighted by molar-refractivity contribution is -0.128. The van der Waals surface area contributed by atoms with E-state index in [0.29, 0.717) is 28.4 Å². The lowest BCUT2D eigenvalue weighted by atomic mass is 9.95. The number of carbonyl (C=O) groups excluding carboxylic acids is 3. The highest BCUT2D eigenvalue weighted by Crippen LogP contribution is 2.40. The summed E-state index contributed by atoms with van der Waals surface area (Å²) in [5.74, 6) is -0.0687. The molecule has 8 heteroatoms. The molecule has 5 rings (SSSR count). The van der Waals surface area contributed by atoms with Gasteiger partial charge in [-0.15, -0.1) is 23.1 Å². The third kappa shape index (κ3) is 5.06. The molecule has 1 aliphatic carbocycles. The van der Waals surface area contributed by atoms with Crippen LogP contribution in [0.15, 0.2) is 54.6 Å². The number of nitrogens with one attached hydrogen (secondary N) is 1. The van der Waals surface area contributed by atoms with Crippen LogP contribution >= 0.6 is 23.1 Å². The van der Waals surface area contributed by atoms with Gasteiger partial charge in [0.25, 0.3) is 5.91 Å². The number of amides is 2. The average molecular weight is 521 g/mol. The zero-order valence-electron chi connectivity index (χ0n) is 20.1. The number of ether oxygens (including phenoxy) is 1. The predicted octanol–water partition coefficient (Wildman–Crippen LogP) is 5.48. The molecule has 1 aromatic heterocycles. The van der Waals surface area contributed by atoms with Crippen LogP contribution in [0, 0.1) is 0 Å². The predicted molar refractivity (Wildman–Crippen MR) is 144 cm³/mol. The Hall–Kier alpha value is -3.10. The van der Waals surface area contributed by atoms with E-state index in [-0.39, 0.29) is 17.2 Å². The van der Waals surface area contributed by atoms with Crippen molar-refractivity contribution in [2.75, 3.05) is 24.7 Å². The van der Waals surface area contributed by atoms with Crippen molar-refractivity contribution >= 4 is 45.9 Å². The van der Waals surface area contributed by atoms with Gasteiger partial charge >= 0.3 is 5.97 Å². The minimum Gasteiger partial charge on any atom is -0.465 e. The number of benzene rings is 2. The number of rotatable bonds is 7. The molecule has 2 aliphatic rings. The molecule has 186 valence electrons. The lowest BCUT2D eigenvalue weighted by Crippen LogP contribution is -2.30. The molecule has 3 aromatic rings. The van der Waals surface area contributed by atoms with Crippen LogP contribution in [-0.4, -0.2) is 42.1 Å². The van der Waals surface area contributed by atoms with Crippen molar-refractivity contribution in [2.45, 2.75) is 37.5 Å². The maximum absolute atomic E-state index is 13.1. The fraction of sp³-hybridized carbons (Fsp3) is 0.321. The van der Waals surface area contributed by atoms with Crippen molar-refractivity contribution in [1.82, 2.24) is 4.90 Å². The van der Waals surface area contributed by atoms with Crippen molar-refractivity contribution in [2.24, 2.45) is 0 Å². The molecule has 0 unspecified atom stereocenters. The monoisotopic (exact) mass is 520 g/mol. The first-order chi connectivity index (χ1) is 17.5. The molecule has 2 amide bonds. The highest BCUT2D eigenvalue weighted by atomic mass is 32.2. The fourth-order valence-electron chi connectivity index (χ4n) is 4.81. The van der Waals surface area contributed by atoms with Crippen LogP contribution in [0.1, 0.15) is 60.5 Å². The molecule has 1 saturated heterocycles. The highest BCUT2D eigenvalue weighted by molar-refractivity contribution is 8.00. The number of esters is 1. The first-order valence-corrected chi connectivity index (χ1v) is 14.0. The minimum atomic E-state index is -0.404. The van der Waals surface area contributed by atoms with Crippen LogP contribution < -0.4 is 5.32 Å². The van der Waals surface area contributed by atoms with Crippen LogP contribution in [-0.2, 0) is 28.8 Å². The molecule has 1 N–H and O–H groups in total. The van der Waals surface area contributed by atoms with Gasteiger partial charge in [-0.25, -0.2) is 4.79 Å². The molecule has 2 aromatic carbocycles. The first kappa shape index (κ1) is 24.6. The van der Waals surface area contributed by atoms with Gasteiger partial charge in [0.15, 0.2) is 0 Å². The van der Waals surface area contributed by atoms with E-state index in [1.54, 1.807) is 23.9 Å². The number of nitrogens with zero attached hydrogens (tertiary/aromatic N) is 1. The molecule has 1 aliphatic heterocycles. The molecular formula is C28H28N2O4S2. The topological polar surface area (TPSA) is 75.7 Å². The van der Waals surface area contributed by atoms with Gasteiger partial charge in [-0.05, 0) is 60.9 Å². The Balaban J connectivity index is 1.29. The third-order valence-corrected chi connectivity index (χ3v) is 9.16. The number of thiophene rings is 1. The average Bonchev–Trinajstić information content (AvgIpc) is 3.47. The van der Waals surface area contributed by atoms with E-state index in [4.69, 9.17) is 4.74 Å². The Morgan fingerprint density at radius 1 is 1.06 bits per heavy atom. The van der Waals surface area contributed by atoms with Crippen molar-refractivity contribution in [3.63, 3.8) is 0 Å². The quantitative estimate of drug-likeness (QED) is 0.418. The molecular weight excluding hydrogens is 492 g/mol. The van der Waals surface area contributed by atoms with Gasteiger partial charge in [-0.3, -0.25) is 9.59 Å². The van der Waals surface area contributed by atoms with Crippen molar-refractivity contribution in [1.29, 1.82) is 0 Å². The summed E-state index contributed by atoms with van der Waals surface area (Å²) >= 11 is 3.09. The van der Waals surface area contributed by atoms with Gasteiger partial charge in [0.1, 0.15) is 10.4 Å². The molecule has 1 fully saturated rings. The Morgan fingerprint density at radius 3 is 2.56 bits per heavy atom. The second kappa shape index (κ2) is 10.9. The van der Waals surface area contributed by atoms with E-state index in [9.17, 15) is 14.4 Å². The maximum atomic E-state index is 13.1. The smallest absolute Gasteiger partial charge is 0.341 e. The first-order valence-electron chi connectivity index (χ1n) is 12.1. The van der Waals surface area contributed by atoms with E-state index in [2.05, 4.69) is 17.4 Å². The summed E-state index contributed by atoms with van der Waals surface area (Å²) in [7, 11) is 1.37. The van der Waals surface area contributed by atoms with Crippen LogP contribution in [0.4, 0.5) is 5.00 Å². The van der Waals surface area contributed by atoms with E-state index in [1.807, 2.05) is 35.2 Å². The normalized spacial score (nSPS) is 17.1. The van der Waals surface area contributed by atoms with Crippen LogP contribution in [0.25, 0.3) is 0 Å². The summed E-state index contributed by atoms with van der Waals surface area (Å²) < 4.78 is 5.01. The Kier molecular flexibility index (Phi) is 7.43. The number of thioether (sulfide) groups is 1. The van der Waals surface area contributed by atoms with Gasteiger partial charge < -0.3 is 15.0 Å². The third-order valence-electron chi connectivity index (χ3n) is 6.70. The molecule has 0 bridgehead atoms. The van der Waals surface area contributed by atoms with Gasteiger partial charge in [0.05, 0.1) is 18.4 Å². The largest absolute Gasteiger partial charge is 0.465 e. The number of carbonyl (C=O) groups is 3. The Labute approximate surface area is 219 Å². The van der Waals surface area contributed by atoms with E-state index < -0.39 is 5.97 Å². The molecule has 1 atom stereocenters. The minimum absolute atomic E-state index is 0.0618. The van der Waals surface area contributed by atoms with Crippen LogP contribution in [0.2, 0.25) is 0 Å². The molecule has 0 saturated carbocycles. The number of hydrogen-bond acceptors (Lipinski definition) is 6. The summed E-state index contributed by atoms with van der Waals surface area (Å²) in [6.45, 7) is 0.655. The summed E-state index contributed by atoms with van der Waals surface area (Å²) in [4.78, 5) is 41.2. The molecule has 0 spiro atoms. The van der Waals surface area contributed by atoms with Gasteiger partial charge in [-0.1, -0.05) is 42.5 Å². The van der Waals surface area contributed by atoms with Crippen molar-refractivity contribution in [3.05, 3.63) is 87.3 Å². The van der Waals surface area contributed by atoms with E-state index in [0.717, 1.165) is 48.1 Å². The fourth-order valence-corrected chi connectivity index (χ4v) is 7.30. The van der Waals surface area contributed by atoms with Gasteiger partial charge in [-0.2, -0.15) is 0 Å². The SMILES string of the molecule is COC(=O)c1c(NC(=O)c2ccc([C@H]3SCC(=O)N3CCc3ccccc3)cc2)sc2c1CCCC2. The summed E-state index contributed by atoms with van der Waals surface area (Å²) in [6.07, 6.45) is 4.68. The number of aryl methyl sites for hydroxylation is 1. The van der Waals surface area contributed by atoms with Gasteiger partial charge in [0.2, 0.25) is 5.91 Å². The van der Waals surface area contributed by atoms with E-state index >= 15 is 0 Å². The van der Waals surface area contributed by atoms with Crippen LogP contribution in [0.5, 0.6) is 0 Å². The number of anilines is 1. The number of fused-ring (bicyclic) bond motifs is 1. The number of hydrogen-bond donors (Lipinski definition) is 1. The maximum Gasteiger partial charge on any atom is 0.341 e. The van der Waals surface area contributed by atoms with E-state index in [1.165, 1.54) is 24.0 Å². The zero-order chi connectivity index (χ0) is 25.1. The second-order valence-electron chi connectivity index (χ2n) is 8.97. The Morgan fingerprint density at radius 2 is 1.81 bits per heavy atom. The second-order valence-corrected chi connectivity index (χ2v) is 11.1. The summed E-state index contributed by atoms with van der Waals surface area (Å²) in [5, 5.41) is 3.45. The summed E-state index contributed by atoms with van der Waals surface area (Å²) in [6, 6.07) is 17.6. The zero-order valence-corrected chi connectivity index (χ0v) is 21.8. The number of methoxy groups -OCH3 is 1. The molecule has 0 radical (unpaired) electrons. The molecule has 36 heavy (non-hydrogen) atoms. The lowest BCUT2D eigenvalue weighted by Gasteiger charge is -2.24. The standard InChI is InChI=1S/C28H28N2O4S2/c1-34-28(33)24-21-9-5-6-10-22(21)36-26(24)29-25(32)19-11-13-20(14-12-19)27-30(23(31)17-35-27)16-15-18-7-3-2-4-8-18/h2-4,7-8,11-14,27H,5-6,9-10,15-17H2,1H3,(H,29,32)/t27-/m1/s1. The van der Waals surface area contributed by atoms with Crippen molar-refractivity contribution < 1.29 is 19.1 Å². The molecule has 6 nitrogen and oxygen atoms in total. The molecule has 2 heterocycles. The Bertz CT molecular complexity index is 1270. The highest BCUT2D eigenvalue weighted by Gasteiger charge is 2.32. The summed E-state index contributed by atoms with van der Waals surface area (Å²) in [5.41, 5.74) is 4.22. The van der Waals surface area contributed by atoms with Crippen LogP contribution in [0.3, 0.4) is 0 Å².